The van der Waals surface area contributed by atoms with E-state index in [-0.39, 0.29) is 0 Å². The summed E-state index contributed by atoms with van der Waals surface area (Å²) in [6.45, 7) is 0.878. The molecular weight excluding hydrogens is 346 g/mol. The summed E-state index contributed by atoms with van der Waals surface area (Å²) in [4.78, 5) is 0. The minimum absolute atomic E-state index is 0.301. The summed E-state index contributed by atoms with van der Waals surface area (Å²) in [7, 11) is 0. The van der Waals surface area contributed by atoms with Crippen molar-refractivity contribution in [3.8, 4) is 11.5 Å². The number of phenolic OH excluding ortho intramolecular Hbond substituents is 2. The van der Waals surface area contributed by atoms with Crippen LogP contribution in [0, 0.1) is 0 Å². The van der Waals surface area contributed by atoms with Crippen molar-refractivity contribution < 1.29 is 10.2 Å². The van der Waals surface area contributed by atoms with E-state index >= 15 is 0 Å². The quantitative estimate of drug-likeness (QED) is 0.506. The lowest BCUT2D eigenvalue weighted by atomic mass is 9.79. The minimum Gasteiger partial charge on any atom is -0.508 e. The fourth-order valence-electron chi connectivity index (χ4n) is 4.22. The molecule has 1 unspecified atom stereocenters. The number of nitrogens with one attached hydrogen (secondary N) is 1. The fourth-order valence-corrected chi connectivity index (χ4v) is 4.22. The van der Waals surface area contributed by atoms with Gasteiger partial charge in [0, 0.05) is 18.3 Å². The zero-order valence-corrected chi connectivity index (χ0v) is 16.1. The topological polar surface area (TPSA) is 52.5 Å². The first-order chi connectivity index (χ1) is 13.7. The van der Waals surface area contributed by atoms with Crippen LogP contribution in [-0.4, -0.2) is 16.8 Å². The van der Waals surface area contributed by atoms with Crippen LogP contribution < -0.4 is 5.32 Å². The molecule has 0 saturated carbocycles. The Hall–Kier alpha value is -2.94. The summed E-state index contributed by atoms with van der Waals surface area (Å²) in [6, 6.07) is 22.0. The molecule has 0 amide bonds. The molecule has 0 aromatic heterocycles. The summed E-state index contributed by atoms with van der Waals surface area (Å²) in [5.41, 5.74) is 6.24. The number of anilines is 1. The van der Waals surface area contributed by atoms with E-state index in [4.69, 9.17) is 0 Å². The second-order valence-corrected chi connectivity index (χ2v) is 7.68. The number of phenols is 2. The lowest BCUT2D eigenvalue weighted by molar-refractivity contribution is 0.471. The maximum atomic E-state index is 9.99. The van der Waals surface area contributed by atoms with Crippen LogP contribution >= 0.6 is 0 Å². The Morgan fingerprint density at radius 3 is 2.50 bits per heavy atom. The van der Waals surface area contributed by atoms with Crippen LogP contribution in [-0.2, 0) is 19.3 Å². The summed E-state index contributed by atoms with van der Waals surface area (Å²) in [5, 5.41) is 23.3. The standard InChI is InChI=1S/C25H27NO2/c27-22-11-10-19-15-21(9-8-20(19)16-22)24-13-12-23(28)17-25(24)26-14-4-7-18-5-2-1-3-6-18/h1-3,5-6,10-13,16-17,21,26-28H,4,7-9,14-15H2. The predicted octanol–water partition coefficient (Wildman–Crippen LogP) is 5.42. The molecule has 1 aliphatic carbocycles. The molecule has 4 rings (SSSR count). The highest BCUT2D eigenvalue weighted by Gasteiger charge is 2.22. The van der Waals surface area contributed by atoms with Crippen molar-refractivity contribution in [3.05, 3.63) is 89.0 Å². The Kier molecular flexibility index (Phi) is 5.52. The van der Waals surface area contributed by atoms with Crippen molar-refractivity contribution in [2.75, 3.05) is 11.9 Å². The second kappa shape index (κ2) is 8.39. The highest BCUT2D eigenvalue weighted by atomic mass is 16.3. The first-order valence-electron chi connectivity index (χ1n) is 10.1. The Labute approximate surface area is 166 Å². The number of benzene rings is 3. The zero-order chi connectivity index (χ0) is 19.3. The van der Waals surface area contributed by atoms with Crippen LogP contribution in [0.25, 0.3) is 0 Å². The van der Waals surface area contributed by atoms with E-state index < -0.39 is 0 Å². The lowest BCUT2D eigenvalue weighted by Gasteiger charge is -2.27. The van der Waals surface area contributed by atoms with E-state index in [1.165, 1.54) is 22.3 Å². The van der Waals surface area contributed by atoms with E-state index in [2.05, 4.69) is 35.6 Å². The Morgan fingerprint density at radius 2 is 1.64 bits per heavy atom. The van der Waals surface area contributed by atoms with Crippen LogP contribution in [0.4, 0.5) is 5.69 Å². The van der Waals surface area contributed by atoms with Gasteiger partial charge in [0.25, 0.3) is 0 Å². The van der Waals surface area contributed by atoms with Gasteiger partial charge in [0.05, 0.1) is 0 Å². The number of aryl methyl sites for hydroxylation is 2. The van der Waals surface area contributed by atoms with Crippen LogP contribution in [0.15, 0.2) is 66.7 Å². The normalized spacial score (nSPS) is 15.8. The van der Waals surface area contributed by atoms with Crippen molar-refractivity contribution >= 4 is 5.69 Å². The van der Waals surface area contributed by atoms with E-state index in [0.29, 0.717) is 17.4 Å². The SMILES string of the molecule is Oc1ccc2c(c1)CCC(c1ccc(O)cc1NCCCc1ccccc1)C2. The third-order valence-corrected chi connectivity index (χ3v) is 5.70. The van der Waals surface area contributed by atoms with Gasteiger partial charge < -0.3 is 15.5 Å². The van der Waals surface area contributed by atoms with Gasteiger partial charge in [0.15, 0.2) is 0 Å². The Morgan fingerprint density at radius 1 is 0.857 bits per heavy atom. The van der Waals surface area contributed by atoms with Gasteiger partial charge in [0.1, 0.15) is 11.5 Å². The molecule has 3 aromatic rings. The molecule has 0 fully saturated rings. The highest BCUT2D eigenvalue weighted by Crippen LogP contribution is 2.38. The Bertz CT molecular complexity index is 937. The number of rotatable bonds is 6. The fraction of sp³-hybridized carbons (Fsp3) is 0.280. The molecule has 0 bridgehead atoms. The molecule has 3 N–H and O–H groups in total. The summed E-state index contributed by atoms with van der Waals surface area (Å²) < 4.78 is 0. The lowest BCUT2D eigenvalue weighted by Crippen LogP contribution is -2.15. The smallest absolute Gasteiger partial charge is 0.117 e. The molecule has 3 heteroatoms. The average Bonchev–Trinajstić information content (AvgIpc) is 2.72. The van der Waals surface area contributed by atoms with E-state index in [9.17, 15) is 10.2 Å². The predicted molar refractivity (Wildman–Crippen MR) is 114 cm³/mol. The molecule has 0 radical (unpaired) electrons. The molecule has 3 aromatic carbocycles. The van der Waals surface area contributed by atoms with Crippen LogP contribution in [0.3, 0.4) is 0 Å². The maximum Gasteiger partial charge on any atom is 0.117 e. The van der Waals surface area contributed by atoms with E-state index in [1.54, 1.807) is 12.1 Å². The van der Waals surface area contributed by atoms with Crippen LogP contribution in [0.5, 0.6) is 11.5 Å². The molecule has 0 aliphatic heterocycles. The molecule has 1 atom stereocenters. The van der Waals surface area contributed by atoms with E-state index in [1.807, 2.05) is 24.3 Å². The van der Waals surface area contributed by atoms with Crippen molar-refractivity contribution in [2.45, 2.75) is 38.0 Å². The van der Waals surface area contributed by atoms with Crippen molar-refractivity contribution in [2.24, 2.45) is 0 Å². The van der Waals surface area contributed by atoms with Crippen molar-refractivity contribution in [1.82, 2.24) is 0 Å². The van der Waals surface area contributed by atoms with Crippen molar-refractivity contribution in [1.29, 1.82) is 0 Å². The van der Waals surface area contributed by atoms with Gasteiger partial charge >= 0.3 is 0 Å². The van der Waals surface area contributed by atoms with Gasteiger partial charge in [-0.1, -0.05) is 42.5 Å². The average molecular weight is 373 g/mol. The van der Waals surface area contributed by atoms with Crippen LogP contribution in [0.2, 0.25) is 0 Å². The van der Waals surface area contributed by atoms with Crippen LogP contribution in [0.1, 0.15) is 41.0 Å². The monoisotopic (exact) mass is 373 g/mol. The maximum absolute atomic E-state index is 9.99. The number of aromatic hydroxyl groups is 2. The molecule has 144 valence electrons. The van der Waals surface area contributed by atoms with Gasteiger partial charge in [-0.3, -0.25) is 0 Å². The highest BCUT2D eigenvalue weighted by molar-refractivity contribution is 5.57. The summed E-state index contributed by atoms with van der Waals surface area (Å²) in [6.07, 6.45) is 5.09. The van der Waals surface area contributed by atoms with Gasteiger partial charge in [-0.25, -0.2) is 0 Å². The molecule has 3 nitrogen and oxygen atoms in total. The largest absolute Gasteiger partial charge is 0.508 e. The van der Waals surface area contributed by atoms with Gasteiger partial charge in [0.2, 0.25) is 0 Å². The Balaban J connectivity index is 1.44. The first kappa shape index (κ1) is 18.4. The zero-order valence-electron chi connectivity index (χ0n) is 16.1. The summed E-state index contributed by atoms with van der Waals surface area (Å²) >= 11 is 0. The third kappa shape index (κ3) is 4.30. The number of hydrogen-bond acceptors (Lipinski definition) is 3. The number of hydrogen-bond donors (Lipinski definition) is 3. The second-order valence-electron chi connectivity index (χ2n) is 7.68. The minimum atomic E-state index is 0.301. The molecule has 28 heavy (non-hydrogen) atoms. The van der Waals surface area contributed by atoms with Crippen molar-refractivity contribution in [3.63, 3.8) is 0 Å². The summed E-state index contributed by atoms with van der Waals surface area (Å²) in [5.74, 6) is 1.08. The molecule has 0 spiro atoms. The van der Waals surface area contributed by atoms with Gasteiger partial charge in [-0.15, -0.1) is 0 Å². The third-order valence-electron chi connectivity index (χ3n) is 5.70. The molecule has 0 heterocycles. The van der Waals surface area contributed by atoms with Gasteiger partial charge in [-0.2, -0.15) is 0 Å². The molecule has 0 saturated heterocycles. The molecule has 1 aliphatic rings. The molecular formula is C25H27NO2. The van der Waals surface area contributed by atoms with E-state index in [0.717, 1.165) is 44.3 Å². The van der Waals surface area contributed by atoms with Gasteiger partial charge in [-0.05, 0) is 78.5 Å². The number of fused-ring (bicyclic) bond motifs is 1. The first-order valence-corrected chi connectivity index (χ1v) is 10.1.